The standard InChI is InChI=1S/C8H5Cl2OS/c9-6-3-7(10)5-8(4-6)12-2-1-11/h3-5H,2H2. The number of hydrogen-bond acceptors (Lipinski definition) is 2. The lowest BCUT2D eigenvalue weighted by Crippen LogP contribution is -1.79. The average molecular weight is 220 g/mol. The van der Waals surface area contributed by atoms with Crippen LogP contribution in [0.15, 0.2) is 23.1 Å². The Bertz CT molecular complexity index is 268. The van der Waals surface area contributed by atoms with Gasteiger partial charge in [-0.1, -0.05) is 23.2 Å². The van der Waals surface area contributed by atoms with Crippen molar-refractivity contribution in [2.75, 3.05) is 5.75 Å². The van der Waals surface area contributed by atoms with E-state index in [1.165, 1.54) is 11.8 Å². The summed E-state index contributed by atoms with van der Waals surface area (Å²) in [5.41, 5.74) is 0. The SMILES string of the molecule is O=[C]CSc1cc(Cl)cc(Cl)c1. The number of benzene rings is 1. The highest BCUT2D eigenvalue weighted by Crippen LogP contribution is 2.25. The molecule has 0 saturated carbocycles. The van der Waals surface area contributed by atoms with Crippen LogP contribution >= 0.6 is 35.0 Å². The van der Waals surface area contributed by atoms with E-state index < -0.39 is 0 Å². The summed E-state index contributed by atoms with van der Waals surface area (Å²) in [5, 5.41) is 1.16. The van der Waals surface area contributed by atoms with Crippen molar-refractivity contribution in [3.8, 4) is 0 Å². The molecule has 0 aromatic heterocycles. The first-order valence-corrected chi connectivity index (χ1v) is 4.90. The molecule has 0 heterocycles. The molecule has 63 valence electrons. The first-order chi connectivity index (χ1) is 5.72. The molecule has 0 aliphatic carbocycles. The monoisotopic (exact) mass is 219 g/mol. The summed E-state index contributed by atoms with van der Waals surface area (Å²) < 4.78 is 0. The predicted molar refractivity (Wildman–Crippen MR) is 52.9 cm³/mol. The lowest BCUT2D eigenvalue weighted by atomic mass is 10.4. The van der Waals surface area contributed by atoms with Crippen molar-refractivity contribution >= 4 is 41.2 Å². The molecule has 0 fully saturated rings. The Morgan fingerprint density at radius 2 is 1.83 bits per heavy atom. The zero-order valence-corrected chi connectivity index (χ0v) is 8.34. The largest absolute Gasteiger partial charge is 0.290 e. The van der Waals surface area contributed by atoms with Crippen molar-refractivity contribution in [3.63, 3.8) is 0 Å². The van der Waals surface area contributed by atoms with Gasteiger partial charge in [0.1, 0.15) is 0 Å². The number of rotatable bonds is 3. The first kappa shape index (κ1) is 9.90. The van der Waals surface area contributed by atoms with Crippen molar-refractivity contribution < 1.29 is 4.79 Å². The molecule has 0 atom stereocenters. The fourth-order valence-electron chi connectivity index (χ4n) is 0.725. The van der Waals surface area contributed by atoms with Gasteiger partial charge in [-0.3, -0.25) is 4.79 Å². The molecule has 1 nitrogen and oxygen atoms in total. The second-order valence-electron chi connectivity index (χ2n) is 2.04. The minimum atomic E-state index is 0.302. The van der Waals surface area contributed by atoms with Gasteiger partial charge in [-0.2, -0.15) is 0 Å². The molecule has 0 saturated heterocycles. The van der Waals surface area contributed by atoms with E-state index in [0.717, 1.165) is 4.90 Å². The van der Waals surface area contributed by atoms with Crippen LogP contribution in [0.2, 0.25) is 10.0 Å². The number of thioether (sulfide) groups is 1. The lowest BCUT2D eigenvalue weighted by molar-refractivity contribution is 0.560. The fraction of sp³-hybridized carbons (Fsp3) is 0.125. The molecule has 1 aromatic carbocycles. The topological polar surface area (TPSA) is 17.1 Å². The molecule has 0 aliphatic heterocycles. The van der Waals surface area contributed by atoms with Crippen LogP contribution in [0.4, 0.5) is 0 Å². The van der Waals surface area contributed by atoms with E-state index in [0.29, 0.717) is 15.8 Å². The highest BCUT2D eigenvalue weighted by Gasteiger charge is 1.98. The van der Waals surface area contributed by atoms with Crippen LogP contribution in [0.1, 0.15) is 0 Å². The van der Waals surface area contributed by atoms with Crippen LogP contribution in [-0.2, 0) is 4.79 Å². The lowest BCUT2D eigenvalue weighted by Gasteiger charge is -1.98. The maximum atomic E-state index is 9.94. The molecule has 0 unspecified atom stereocenters. The van der Waals surface area contributed by atoms with Crippen LogP contribution in [0.25, 0.3) is 0 Å². The third-order valence-electron chi connectivity index (χ3n) is 1.13. The minimum Gasteiger partial charge on any atom is -0.290 e. The second-order valence-corrected chi connectivity index (χ2v) is 3.96. The van der Waals surface area contributed by atoms with Gasteiger partial charge < -0.3 is 0 Å². The normalized spacial score (nSPS) is 9.83. The summed E-state index contributed by atoms with van der Waals surface area (Å²) in [6.45, 7) is 0. The van der Waals surface area contributed by atoms with Gasteiger partial charge in [0.2, 0.25) is 6.29 Å². The summed E-state index contributed by atoms with van der Waals surface area (Å²) in [6, 6.07) is 5.17. The van der Waals surface area contributed by atoms with Gasteiger partial charge in [0, 0.05) is 14.9 Å². The van der Waals surface area contributed by atoms with Crippen LogP contribution in [0, 0.1) is 0 Å². The Hall–Kier alpha value is -0.180. The molecule has 12 heavy (non-hydrogen) atoms. The maximum Gasteiger partial charge on any atom is 0.209 e. The molecular weight excluding hydrogens is 215 g/mol. The van der Waals surface area contributed by atoms with Crippen LogP contribution < -0.4 is 0 Å². The van der Waals surface area contributed by atoms with Gasteiger partial charge >= 0.3 is 0 Å². The van der Waals surface area contributed by atoms with Gasteiger partial charge in [-0.05, 0) is 18.2 Å². The number of hydrogen-bond donors (Lipinski definition) is 0. The van der Waals surface area contributed by atoms with E-state index in [9.17, 15) is 4.79 Å². The van der Waals surface area contributed by atoms with Gasteiger partial charge in [0.05, 0.1) is 5.75 Å². The van der Waals surface area contributed by atoms with Crippen molar-refractivity contribution in [1.82, 2.24) is 0 Å². The number of halogens is 2. The summed E-state index contributed by atoms with van der Waals surface area (Å²) in [5.74, 6) is 0.302. The second kappa shape index (κ2) is 4.75. The molecule has 1 rings (SSSR count). The van der Waals surface area contributed by atoms with Crippen molar-refractivity contribution in [3.05, 3.63) is 28.2 Å². The molecule has 0 spiro atoms. The third-order valence-corrected chi connectivity index (χ3v) is 2.40. The summed E-state index contributed by atoms with van der Waals surface area (Å²) >= 11 is 12.8. The Morgan fingerprint density at radius 1 is 1.25 bits per heavy atom. The van der Waals surface area contributed by atoms with Crippen molar-refractivity contribution in [2.24, 2.45) is 0 Å². The Kier molecular flexibility index (Phi) is 3.92. The highest BCUT2D eigenvalue weighted by molar-refractivity contribution is 7.99. The molecule has 1 radical (unpaired) electrons. The van der Waals surface area contributed by atoms with Crippen molar-refractivity contribution in [2.45, 2.75) is 4.90 Å². The smallest absolute Gasteiger partial charge is 0.209 e. The maximum absolute atomic E-state index is 9.94. The highest BCUT2D eigenvalue weighted by atomic mass is 35.5. The van der Waals surface area contributed by atoms with Gasteiger partial charge in [0.15, 0.2) is 0 Å². The molecule has 0 amide bonds. The van der Waals surface area contributed by atoms with Crippen LogP contribution in [0.5, 0.6) is 0 Å². The van der Waals surface area contributed by atoms with E-state index >= 15 is 0 Å². The summed E-state index contributed by atoms with van der Waals surface area (Å²) in [7, 11) is 0. The number of carbonyl (C=O) groups excluding carboxylic acids is 1. The third kappa shape index (κ3) is 3.05. The van der Waals surface area contributed by atoms with Crippen LogP contribution in [0.3, 0.4) is 0 Å². The average Bonchev–Trinajstić information content (AvgIpc) is 1.99. The van der Waals surface area contributed by atoms with Crippen LogP contribution in [-0.4, -0.2) is 12.0 Å². The van der Waals surface area contributed by atoms with E-state index in [2.05, 4.69) is 0 Å². The van der Waals surface area contributed by atoms with Crippen molar-refractivity contribution in [1.29, 1.82) is 0 Å². The van der Waals surface area contributed by atoms with E-state index in [-0.39, 0.29) is 0 Å². The summed E-state index contributed by atoms with van der Waals surface area (Å²) in [6.07, 6.45) is 1.78. The summed E-state index contributed by atoms with van der Waals surface area (Å²) in [4.78, 5) is 10.8. The van der Waals surface area contributed by atoms with Gasteiger partial charge in [-0.15, -0.1) is 11.8 Å². The Balaban J connectivity index is 2.78. The molecule has 0 bridgehead atoms. The van der Waals surface area contributed by atoms with E-state index in [1.807, 2.05) is 0 Å². The molecule has 0 N–H and O–H groups in total. The van der Waals surface area contributed by atoms with E-state index in [1.54, 1.807) is 24.5 Å². The quantitative estimate of drug-likeness (QED) is 0.727. The fourth-order valence-corrected chi connectivity index (χ4v) is 2.03. The first-order valence-electron chi connectivity index (χ1n) is 3.16. The Morgan fingerprint density at radius 3 is 2.33 bits per heavy atom. The van der Waals surface area contributed by atoms with E-state index in [4.69, 9.17) is 23.2 Å². The molecule has 4 heteroatoms. The zero-order valence-electron chi connectivity index (χ0n) is 6.01. The van der Waals surface area contributed by atoms with Gasteiger partial charge in [0.25, 0.3) is 0 Å². The molecule has 0 aliphatic rings. The molecule has 1 aromatic rings. The molecular formula is C8H5Cl2OS. The minimum absolute atomic E-state index is 0.302. The van der Waals surface area contributed by atoms with Gasteiger partial charge in [-0.25, -0.2) is 0 Å². The predicted octanol–water partition coefficient (Wildman–Crippen LogP) is 3.20. The zero-order chi connectivity index (χ0) is 8.97. The Labute approximate surface area is 85.1 Å².